The zero-order valence-corrected chi connectivity index (χ0v) is 10.3. The monoisotopic (exact) mass is 208 g/mol. The number of allylic oxidation sites excluding steroid dienone is 2. The summed E-state index contributed by atoms with van der Waals surface area (Å²) in [5, 5.41) is 0. The third kappa shape index (κ3) is 1.90. The van der Waals surface area contributed by atoms with Crippen molar-refractivity contribution in [3.05, 3.63) is 11.1 Å². The lowest BCUT2D eigenvalue weighted by molar-refractivity contribution is -0.131. The molecule has 0 saturated carbocycles. The molecule has 0 N–H and O–H groups in total. The smallest absolute Gasteiger partial charge is 0.165 e. The molecule has 2 heteroatoms. The van der Waals surface area contributed by atoms with Gasteiger partial charge in [-0.05, 0) is 24.8 Å². The highest BCUT2D eigenvalue weighted by molar-refractivity contribution is 6.14. The highest BCUT2D eigenvalue weighted by atomic mass is 16.1. The van der Waals surface area contributed by atoms with Crippen molar-refractivity contribution in [2.75, 3.05) is 0 Å². The van der Waals surface area contributed by atoms with Crippen LogP contribution >= 0.6 is 0 Å². The molecule has 1 atom stereocenters. The van der Waals surface area contributed by atoms with E-state index in [1.165, 1.54) is 0 Å². The number of carbonyl (C=O) groups is 2. The predicted octanol–water partition coefficient (Wildman–Crippen LogP) is 2.92. The summed E-state index contributed by atoms with van der Waals surface area (Å²) in [4.78, 5) is 24.1. The van der Waals surface area contributed by atoms with Crippen molar-refractivity contribution in [2.45, 2.75) is 47.5 Å². The molecule has 15 heavy (non-hydrogen) atoms. The molecule has 0 bridgehead atoms. The van der Waals surface area contributed by atoms with E-state index < -0.39 is 5.41 Å². The first-order chi connectivity index (χ1) is 6.83. The van der Waals surface area contributed by atoms with Crippen LogP contribution in [0.5, 0.6) is 0 Å². The summed E-state index contributed by atoms with van der Waals surface area (Å²) in [5.74, 6) is 0.475. The number of carbonyl (C=O) groups excluding carboxylic acids is 2. The molecule has 0 aromatic heterocycles. The van der Waals surface area contributed by atoms with E-state index in [9.17, 15) is 9.59 Å². The standard InChI is InChI=1S/C13H20O2/c1-6-13(5)7-10(14)11(8(2)3)9(4)12(13)15/h8H,6-7H2,1-5H3. The second-order valence-corrected chi connectivity index (χ2v) is 5.04. The molecule has 1 rings (SSSR count). The van der Waals surface area contributed by atoms with Crippen LogP contribution in [0.25, 0.3) is 0 Å². The van der Waals surface area contributed by atoms with Gasteiger partial charge in [0, 0.05) is 17.4 Å². The molecular weight excluding hydrogens is 188 g/mol. The van der Waals surface area contributed by atoms with E-state index in [0.717, 1.165) is 12.0 Å². The Morgan fingerprint density at radius 2 is 1.87 bits per heavy atom. The van der Waals surface area contributed by atoms with E-state index in [2.05, 4.69) is 0 Å². The summed E-state index contributed by atoms with van der Waals surface area (Å²) < 4.78 is 0. The number of hydrogen-bond donors (Lipinski definition) is 0. The van der Waals surface area contributed by atoms with Gasteiger partial charge in [-0.3, -0.25) is 9.59 Å². The first-order valence-electron chi connectivity index (χ1n) is 5.62. The van der Waals surface area contributed by atoms with Gasteiger partial charge in [-0.2, -0.15) is 0 Å². The van der Waals surface area contributed by atoms with Crippen molar-refractivity contribution in [3.63, 3.8) is 0 Å². The molecule has 1 aliphatic carbocycles. The van der Waals surface area contributed by atoms with Crippen LogP contribution in [0.4, 0.5) is 0 Å². The van der Waals surface area contributed by atoms with E-state index >= 15 is 0 Å². The summed E-state index contributed by atoms with van der Waals surface area (Å²) in [6, 6.07) is 0. The highest BCUT2D eigenvalue weighted by Crippen LogP contribution is 2.38. The van der Waals surface area contributed by atoms with E-state index in [0.29, 0.717) is 12.0 Å². The molecular formula is C13H20O2. The molecule has 2 nitrogen and oxygen atoms in total. The Bertz CT molecular complexity index is 336. The van der Waals surface area contributed by atoms with Crippen LogP contribution in [-0.4, -0.2) is 11.6 Å². The zero-order chi connectivity index (χ0) is 11.8. The Morgan fingerprint density at radius 3 is 2.27 bits per heavy atom. The van der Waals surface area contributed by atoms with Gasteiger partial charge in [-0.15, -0.1) is 0 Å². The van der Waals surface area contributed by atoms with E-state index in [4.69, 9.17) is 0 Å². The first-order valence-corrected chi connectivity index (χ1v) is 5.62. The molecule has 0 fully saturated rings. The summed E-state index contributed by atoms with van der Waals surface area (Å²) in [6.07, 6.45) is 1.12. The molecule has 0 aromatic carbocycles. The molecule has 0 radical (unpaired) electrons. The van der Waals surface area contributed by atoms with Crippen LogP contribution in [0.15, 0.2) is 11.1 Å². The van der Waals surface area contributed by atoms with Crippen LogP contribution in [0.3, 0.4) is 0 Å². The van der Waals surface area contributed by atoms with Gasteiger partial charge in [-0.1, -0.05) is 27.7 Å². The third-order valence-corrected chi connectivity index (χ3v) is 3.50. The van der Waals surface area contributed by atoms with Crippen LogP contribution < -0.4 is 0 Å². The molecule has 1 aliphatic rings. The normalized spacial score (nSPS) is 27.9. The summed E-state index contributed by atoms with van der Waals surface area (Å²) in [5.41, 5.74) is 0.969. The average Bonchev–Trinajstić information content (AvgIpc) is 2.14. The van der Waals surface area contributed by atoms with Crippen LogP contribution in [0, 0.1) is 11.3 Å². The van der Waals surface area contributed by atoms with Gasteiger partial charge in [-0.25, -0.2) is 0 Å². The van der Waals surface area contributed by atoms with Gasteiger partial charge in [0.05, 0.1) is 0 Å². The predicted molar refractivity (Wildman–Crippen MR) is 60.6 cm³/mol. The van der Waals surface area contributed by atoms with Gasteiger partial charge in [0.15, 0.2) is 11.6 Å². The Balaban J connectivity index is 3.24. The molecule has 1 unspecified atom stereocenters. The molecule has 84 valence electrons. The topological polar surface area (TPSA) is 34.1 Å². The van der Waals surface area contributed by atoms with Gasteiger partial charge < -0.3 is 0 Å². The second-order valence-electron chi connectivity index (χ2n) is 5.04. The van der Waals surface area contributed by atoms with Crippen molar-refractivity contribution in [2.24, 2.45) is 11.3 Å². The highest BCUT2D eigenvalue weighted by Gasteiger charge is 2.41. The van der Waals surface area contributed by atoms with E-state index in [-0.39, 0.29) is 17.5 Å². The van der Waals surface area contributed by atoms with E-state index in [1.54, 1.807) is 6.92 Å². The maximum atomic E-state index is 12.1. The Kier molecular flexibility index (Phi) is 3.17. The molecule has 0 saturated heterocycles. The third-order valence-electron chi connectivity index (χ3n) is 3.50. The fourth-order valence-electron chi connectivity index (χ4n) is 2.35. The first kappa shape index (κ1) is 12.2. The van der Waals surface area contributed by atoms with Gasteiger partial charge in [0.25, 0.3) is 0 Å². The number of ketones is 2. The number of hydrogen-bond acceptors (Lipinski definition) is 2. The SMILES string of the molecule is CCC1(C)CC(=O)C(C(C)C)=C(C)C1=O. The maximum absolute atomic E-state index is 12.1. The molecule has 0 aromatic rings. The minimum Gasteiger partial charge on any atom is -0.294 e. The van der Waals surface area contributed by atoms with Crippen LogP contribution in [0.2, 0.25) is 0 Å². The van der Waals surface area contributed by atoms with Crippen molar-refractivity contribution >= 4 is 11.6 Å². The zero-order valence-electron chi connectivity index (χ0n) is 10.3. The maximum Gasteiger partial charge on any atom is 0.165 e. The van der Waals surface area contributed by atoms with Crippen molar-refractivity contribution in [3.8, 4) is 0 Å². The lowest BCUT2D eigenvalue weighted by Gasteiger charge is -2.33. The summed E-state index contributed by atoms with van der Waals surface area (Å²) in [6.45, 7) is 9.60. The van der Waals surface area contributed by atoms with E-state index in [1.807, 2.05) is 27.7 Å². The summed E-state index contributed by atoms with van der Waals surface area (Å²) >= 11 is 0. The Hall–Kier alpha value is -0.920. The molecule has 0 amide bonds. The molecule has 0 aliphatic heterocycles. The van der Waals surface area contributed by atoms with Gasteiger partial charge >= 0.3 is 0 Å². The van der Waals surface area contributed by atoms with Crippen LogP contribution in [-0.2, 0) is 9.59 Å². The van der Waals surface area contributed by atoms with Crippen molar-refractivity contribution in [1.29, 1.82) is 0 Å². The fourth-order valence-corrected chi connectivity index (χ4v) is 2.35. The minimum atomic E-state index is -0.459. The van der Waals surface area contributed by atoms with Gasteiger partial charge in [0.1, 0.15) is 0 Å². The van der Waals surface area contributed by atoms with Crippen molar-refractivity contribution in [1.82, 2.24) is 0 Å². The number of Topliss-reactive ketones (excluding diaryl/α,β-unsaturated/α-hetero) is 2. The lowest BCUT2D eigenvalue weighted by atomic mass is 9.68. The fraction of sp³-hybridized carbons (Fsp3) is 0.692. The van der Waals surface area contributed by atoms with Crippen molar-refractivity contribution < 1.29 is 9.59 Å². The Morgan fingerprint density at radius 1 is 1.33 bits per heavy atom. The Labute approximate surface area is 91.7 Å². The molecule has 0 heterocycles. The number of rotatable bonds is 2. The second kappa shape index (κ2) is 3.92. The largest absolute Gasteiger partial charge is 0.294 e. The quantitative estimate of drug-likeness (QED) is 0.699. The summed E-state index contributed by atoms with van der Waals surface area (Å²) in [7, 11) is 0. The minimum absolute atomic E-state index is 0.155. The van der Waals surface area contributed by atoms with Crippen LogP contribution in [0.1, 0.15) is 47.5 Å². The average molecular weight is 208 g/mol. The van der Waals surface area contributed by atoms with Gasteiger partial charge in [0.2, 0.25) is 0 Å². The lowest BCUT2D eigenvalue weighted by Crippen LogP contribution is -2.37. The molecule has 0 spiro atoms.